The number of alkyl halides is 6. The Kier molecular flexibility index (Phi) is 9.29. The molecule has 2 fully saturated rings. The van der Waals surface area contributed by atoms with Crippen LogP contribution in [0.1, 0.15) is 27.8 Å². The summed E-state index contributed by atoms with van der Waals surface area (Å²) in [5.41, 5.74) is 3.96. The number of piperazine rings is 1. The smallest absolute Gasteiger partial charge is 0.416 e. The van der Waals surface area contributed by atoms with E-state index in [9.17, 15) is 40.7 Å². The first kappa shape index (κ1) is 32.8. The third kappa shape index (κ3) is 7.11. The van der Waals surface area contributed by atoms with Crippen LogP contribution in [-0.4, -0.2) is 64.4 Å². The van der Waals surface area contributed by atoms with Crippen LogP contribution >= 0.6 is 0 Å². The lowest BCUT2D eigenvalue weighted by Gasteiger charge is -2.53. The van der Waals surface area contributed by atoms with Crippen LogP contribution in [0.25, 0.3) is 0 Å². The second-order valence-electron chi connectivity index (χ2n) is 11.2. The largest absolute Gasteiger partial charge is 0.444 e. The Bertz CT molecular complexity index is 1540. The maximum Gasteiger partial charge on any atom is 0.416 e. The predicted molar refractivity (Wildman–Crippen MR) is 152 cm³/mol. The molecule has 2 heterocycles. The van der Waals surface area contributed by atoms with Gasteiger partial charge in [0.25, 0.3) is 0 Å². The second kappa shape index (κ2) is 13.0. The van der Waals surface area contributed by atoms with Crippen LogP contribution in [0, 0.1) is 5.92 Å². The molecule has 0 aromatic heterocycles. The summed E-state index contributed by atoms with van der Waals surface area (Å²) in [5, 5.41) is 0. The number of carbonyl (C=O) groups is 3. The number of carbonyl (C=O) groups excluding carboxylic acids is 3. The number of halogens is 6. The van der Waals surface area contributed by atoms with Crippen LogP contribution in [0.4, 0.5) is 31.1 Å². The summed E-state index contributed by atoms with van der Waals surface area (Å²) >= 11 is 0. The minimum absolute atomic E-state index is 0.0130. The van der Waals surface area contributed by atoms with E-state index in [1.165, 1.54) is 14.7 Å². The van der Waals surface area contributed by atoms with Gasteiger partial charge in [-0.1, -0.05) is 60.7 Å². The Hall–Kier alpha value is -4.59. The van der Waals surface area contributed by atoms with Crippen molar-refractivity contribution in [2.24, 2.45) is 11.7 Å². The SMILES string of the molecule is NC[C@H]1C(=O)N(Cc2ccccc2)C[C@@H]2N(C(=O)OCc3cc(C(F)(F)F)cc(C(F)(F)F)c3)C[C@H](Cc3ccccc3)C(=O)N21. The van der Waals surface area contributed by atoms with Crippen molar-refractivity contribution in [2.45, 2.75) is 44.1 Å². The number of benzene rings is 3. The zero-order valence-corrected chi connectivity index (χ0v) is 24.3. The Morgan fingerprint density at radius 3 is 1.89 bits per heavy atom. The molecule has 5 rings (SSSR count). The molecule has 14 heteroatoms. The van der Waals surface area contributed by atoms with Crippen molar-refractivity contribution >= 4 is 17.9 Å². The Labute approximate surface area is 260 Å². The topological polar surface area (TPSA) is 96.2 Å². The van der Waals surface area contributed by atoms with E-state index in [1.807, 2.05) is 0 Å². The van der Waals surface area contributed by atoms with E-state index >= 15 is 0 Å². The molecular weight excluding hydrogens is 618 g/mol. The van der Waals surface area contributed by atoms with Gasteiger partial charge in [0.2, 0.25) is 11.8 Å². The Morgan fingerprint density at radius 1 is 0.783 bits per heavy atom. The fourth-order valence-corrected chi connectivity index (χ4v) is 5.85. The van der Waals surface area contributed by atoms with Gasteiger partial charge in [0, 0.05) is 19.6 Å². The minimum atomic E-state index is -5.08. The molecule has 0 spiro atoms. The summed E-state index contributed by atoms with van der Waals surface area (Å²) in [6, 6.07) is 17.7. The number of rotatable bonds is 7. The first-order chi connectivity index (χ1) is 21.8. The molecule has 0 bridgehead atoms. The lowest BCUT2D eigenvalue weighted by atomic mass is 9.92. The van der Waals surface area contributed by atoms with Gasteiger partial charge in [0.05, 0.1) is 23.6 Å². The molecular formula is C32H30F6N4O4. The highest BCUT2D eigenvalue weighted by molar-refractivity contribution is 5.92. The Morgan fingerprint density at radius 2 is 1.35 bits per heavy atom. The van der Waals surface area contributed by atoms with Gasteiger partial charge in [-0.3, -0.25) is 14.5 Å². The first-order valence-electron chi connectivity index (χ1n) is 14.4. The number of fused-ring (bicyclic) bond motifs is 1. The lowest BCUT2D eigenvalue weighted by molar-refractivity contribution is -0.172. The molecule has 8 nitrogen and oxygen atoms in total. The fraction of sp³-hybridized carbons (Fsp3) is 0.344. The van der Waals surface area contributed by atoms with E-state index in [-0.39, 0.29) is 38.7 Å². The molecule has 2 aliphatic heterocycles. The van der Waals surface area contributed by atoms with Gasteiger partial charge in [-0.25, -0.2) is 4.79 Å². The van der Waals surface area contributed by atoms with Crippen LogP contribution in [0.15, 0.2) is 78.9 Å². The maximum atomic E-state index is 13.9. The number of nitrogens with two attached hydrogens (primary N) is 1. The average molecular weight is 649 g/mol. The van der Waals surface area contributed by atoms with E-state index in [2.05, 4.69) is 0 Å². The second-order valence-corrected chi connectivity index (χ2v) is 11.2. The van der Waals surface area contributed by atoms with Gasteiger partial charge in [-0.15, -0.1) is 0 Å². The number of amides is 3. The molecule has 0 aliphatic carbocycles. The number of nitrogens with zero attached hydrogens (tertiary/aromatic N) is 3. The van der Waals surface area contributed by atoms with Gasteiger partial charge in [0.15, 0.2) is 0 Å². The minimum Gasteiger partial charge on any atom is -0.444 e. The molecule has 0 radical (unpaired) electrons. The fourth-order valence-electron chi connectivity index (χ4n) is 5.85. The molecule has 3 aromatic rings. The normalized spacial score (nSPS) is 20.5. The molecule has 0 unspecified atom stereocenters. The highest BCUT2D eigenvalue weighted by Crippen LogP contribution is 2.37. The molecule has 3 atom stereocenters. The van der Waals surface area contributed by atoms with Crippen LogP contribution in [-0.2, 0) is 46.3 Å². The van der Waals surface area contributed by atoms with Crippen LogP contribution in [0.2, 0.25) is 0 Å². The standard InChI is InChI=1S/C32H30F6N4O4/c33-31(34,35)24-12-22(13-25(14-24)32(36,37)38)19-46-30(45)41-17-23(11-20-7-3-1-4-8-20)28(43)42-26(15-39)29(44)40(18-27(41)42)16-21-9-5-2-6-10-21/h1-10,12-14,23,26-27H,11,15-19,39H2/t23-,26-,27+/m0/s1. The van der Waals surface area contributed by atoms with Crippen LogP contribution < -0.4 is 5.73 Å². The third-order valence-corrected chi connectivity index (χ3v) is 8.03. The van der Waals surface area contributed by atoms with Crippen LogP contribution in [0.3, 0.4) is 0 Å². The highest BCUT2D eigenvalue weighted by Gasteiger charge is 2.51. The number of ether oxygens (including phenoxy) is 1. The van der Waals surface area contributed by atoms with E-state index in [1.54, 1.807) is 60.7 Å². The van der Waals surface area contributed by atoms with Crippen molar-refractivity contribution in [1.29, 1.82) is 0 Å². The summed E-state index contributed by atoms with van der Waals surface area (Å²) in [6.45, 7) is -1.30. The molecule has 244 valence electrons. The Balaban J connectivity index is 1.45. The van der Waals surface area contributed by atoms with Crippen molar-refractivity contribution in [2.75, 3.05) is 19.6 Å². The maximum absolute atomic E-state index is 13.9. The summed E-state index contributed by atoms with van der Waals surface area (Å²) in [7, 11) is 0. The quantitative estimate of drug-likeness (QED) is 0.362. The summed E-state index contributed by atoms with van der Waals surface area (Å²) in [5.74, 6) is -1.67. The zero-order chi connectivity index (χ0) is 33.2. The molecule has 3 aromatic carbocycles. The molecule has 3 amide bonds. The van der Waals surface area contributed by atoms with Crippen molar-refractivity contribution in [3.8, 4) is 0 Å². The lowest BCUT2D eigenvalue weighted by Crippen LogP contribution is -2.74. The summed E-state index contributed by atoms with van der Waals surface area (Å²) in [6.07, 6.45) is -12.1. The first-order valence-corrected chi connectivity index (χ1v) is 14.4. The van der Waals surface area contributed by atoms with Crippen LogP contribution in [0.5, 0.6) is 0 Å². The average Bonchev–Trinajstić information content (AvgIpc) is 3.02. The van der Waals surface area contributed by atoms with Gasteiger partial charge >= 0.3 is 18.4 Å². The van der Waals surface area contributed by atoms with Crippen molar-refractivity contribution < 1.29 is 45.5 Å². The summed E-state index contributed by atoms with van der Waals surface area (Å²) < 4.78 is 85.7. The van der Waals surface area contributed by atoms with Gasteiger partial charge in [0.1, 0.15) is 18.8 Å². The number of hydrogen-bond acceptors (Lipinski definition) is 5. The molecule has 2 N–H and O–H groups in total. The zero-order valence-electron chi connectivity index (χ0n) is 24.3. The molecule has 2 aliphatic rings. The third-order valence-electron chi connectivity index (χ3n) is 8.03. The summed E-state index contributed by atoms with van der Waals surface area (Å²) in [4.78, 5) is 45.0. The molecule has 46 heavy (non-hydrogen) atoms. The van der Waals surface area contributed by atoms with Gasteiger partial charge < -0.3 is 20.3 Å². The van der Waals surface area contributed by atoms with E-state index in [4.69, 9.17) is 10.5 Å². The number of hydrogen-bond donors (Lipinski definition) is 1. The van der Waals surface area contributed by atoms with Gasteiger partial charge in [-0.05, 0) is 41.3 Å². The highest BCUT2D eigenvalue weighted by atomic mass is 19.4. The van der Waals surface area contributed by atoms with Crippen molar-refractivity contribution in [3.05, 3.63) is 107 Å². The predicted octanol–water partition coefficient (Wildman–Crippen LogP) is 5.06. The van der Waals surface area contributed by atoms with E-state index in [0.717, 1.165) is 11.1 Å². The molecule has 0 saturated carbocycles. The molecule has 2 saturated heterocycles. The van der Waals surface area contributed by atoms with Crippen molar-refractivity contribution in [1.82, 2.24) is 14.7 Å². The van der Waals surface area contributed by atoms with Crippen molar-refractivity contribution in [3.63, 3.8) is 0 Å². The monoisotopic (exact) mass is 648 g/mol. The van der Waals surface area contributed by atoms with E-state index in [0.29, 0.717) is 12.1 Å². The van der Waals surface area contributed by atoms with Gasteiger partial charge in [-0.2, -0.15) is 26.3 Å². The van der Waals surface area contributed by atoms with E-state index < -0.39 is 71.7 Å².